The van der Waals surface area contributed by atoms with Gasteiger partial charge in [-0.15, -0.1) is 0 Å². The zero-order valence-corrected chi connectivity index (χ0v) is 16.9. The van der Waals surface area contributed by atoms with Gasteiger partial charge in [-0.05, 0) is 36.4 Å². The van der Waals surface area contributed by atoms with Crippen LogP contribution < -0.4 is 15.2 Å². The van der Waals surface area contributed by atoms with E-state index in [1.165, 1.54) is 18.3 Å². The normalized spacial score (nSPS) is 12.9. The molecule has 1 aliphatic heterocycles. The lowest BCUT2D eigenvalue weighted by molar-refractivity contribution is 0.0945. The summed E-state index contributed by atoms with van der Waals surface area (Å²) in [4.78, 5) is 17.0. The second-order valence-electron chi connectivity index (χ2n) is 7.38. The fraction of sp³-hybridized carbons (Fsp3) is 0.0833. The van der Waals surface area contributed by atoms with Crippen molar-refractivity contribution >= 4 is 22.5 Å². The summed E-state index contributed by atoms with van der Waals surface area (Å²) in [5, 5.41) is 1.94. The predicted molar refractivity (Wildman–Crippen MR) is 114 cm³/mol. The van der Waals surface area contributed by atoms with Crippen molar-refractivity contribution in [2.45, 2.75) is 0 Å². The zero-order valence-electron chi connectivity index (χ0n) is 16.9. The number of fused-ring (bicyclic) bond motifs is 2. The number of carbonyl (C=O) groups excluding carboxylic acids is 1. The largest absolute Gasteiger partial charge is 0.489 e. The van der Waals surface area contributed by atoms with Crippen LogP contribution in [0, 0.1) is 23.3 Å². The van der Waals surface area contributed by atoms with Crippen LogP contribution in [-0.2, 0) is 0 Å². The van der Waals surface area contributed by atoms with Gasteiger partial charge in [-0.1, -0.05) is 12.1 Å². The number of hydrogen-bond acceptors (Lipinski definition) is 4. The number of para-hydroxylation sites is 2. The summed E-state index contributed by atoms with van der Waals surface area (Å²) in [6.45, 7) is 0.801. The molecular formula is C24H15F4N3O2. The second kappa shape index (κ2) is 8.09. The van der Waals surface area contributed by atoms with Crippen LogP contribution in [0.1, 0.15) is 10.4 Å². The number of hydrazine groups is 1. The molecule has 0 spiro atoms. The molecule has 0 saturated heterocycles. The minimum atomic E-state index is -1.44. The number of nitrogens with one attached hydrogen (secondary N) is 1. The number of anilines is 1. The van der Waals surface area contributed by atoms with Crippen molar-refractivity contribution < 1.29 is 27.1 Å². The first-order valence-corrected chi connectivity index (χ1v) is 9.96. The average Bonchev–Trinajstić information content (AvgIpc) is 2.81. The van der Waals surface area contributed by atoms with Crippen molar-refractivity contribution in [2.75, 3.05) is 18.2 Å². The van der Waals surface area contributed by atoms with Crippen molar-refractivity contribution in [3.8, 4) is 16.9 Å². The van der Waals surface area contributed by atoms with E-state index in [1.54, 1.807) is 17.1 Å². The highest BCUT2D eigenvalue weighted by Crippen LogP contribution is 2.34. The van der Waals surface area contributed by atoms with Crippen molar-refractivity contribution in [3.63, 3.8) is 0 Å². The van der Waals surface area contributed by atoms with Gasteiger partial charge in [0.15, 0.2) is 11.6 Å². The second-order valence-corrected chi connectivity index (χ2v) is 7.38. The van der Waals surface area contributed by atoms with E-state index >= 15 is 0 Å². The molecule has 9 heteroatoms. The van der Waals surface area contributed by atoms with Gasteiger partial charge in [0.1, 0.15) is 24.0 Å². The molecule has 0 aliphatic carbocycles. The van der Waals surface area contributed by atoms with Crippen LogP contribution >= 0.6 is 0 Å². The van der Waals surface area contributed by atoms with E-state index in [1.807, 2.05) is 12.1 Å². The fourth-order valence-electron chi connectivity index (χ4n) is 3.77. The van der Waals surface area contributed by atoms with Crippen LogP contribution in [0.3, 0.4) is 0 Å². The Morgan fingerprint density at radius 3 is 2.67 bits per heavy atom. The van der Waals surface area contributed by atoms with E-state index < -0.39 is 40.3 Å². The van der Waals surface area contributed by atoms with Crippen LogP contribution in [0.4, 0.5) is 23.2 Å². The summed E-state index contributed by atoms with van der Waals surface area (Å²) < 4.78 is 62.0. The lowest BCUT2D eigenvalue weighted by atomic mass is 9.99. The van der Waals surface area contributed by atoms with Gasteiger partial charge in [-0.3, -0.25) is 20.2 Å². The molecule has 166 valence electrons. The van der Waals surface area contributed by atoms with E-state index in [0.29, 0.717) is 42.1 Å². The first-order chi connectivity index (χ1) is 15.9. The molecule has 5 rings (SSSR count). The summed E-state index contributed by atoms with van der Waals surface area (Å²) in [6, 6.07) is 12.1. The number of carbonyl (C=O) groups is 1. The topological polar surface area (TPSA) is 54.5 Å². The Labute approximate surface area is 185 Å². The van der Waals surface area contributed by atoms with Crippen LogP contribution in [0.5, 0.6) is 5.75 Å². The predicted octanol–water partition coefficient (Wildman–Crippen LogP) is 5.00. The van der Waals surface area contributed by atoms with Gasteiger partial charge in [0.05, 0.1) is 23.3 Å². The number of aromatic nitrogens is 1. The number of pyridine rings is 1. The Morgan fingerprint density at radius 2 is 1.82 bits per heavy atom. The summed E-state index contributed by atoms with van der Waals surface area (Å²) in [5.41, 5.74) is 2.62. The van der Waals surface area contributed by atoms with Gasteiger partial charge < -0.3 is 4.74 Å². The van der Waals surface area contributed by atoms with E-state index in [9.17, 15) is 22.4 Å². The monoisotopic (exact) mass is 453 g/mol. The summed E-state index contributed by atoms with van der Waals surface area (Å²) in [5.74, 6) is -4.64. The lowest BCUT2D eigenvalue weighted by Gasteiger charge is -2.31. The highest BCUT2D eigenvalue weighted by Gasteiger charge is 2.22. The quantitative estimate of drug-likeness (QED) is 0.350. The van der Waals surface area contributed by atoms with Crippen molar-refractivity contribution in [3.05, 3.63) is 89.6 Å². The van der Waals surface area contributed by atoms with Gasteiger partial charge in [0, 0.05) is 28.8 Å². The van der Waals surface area contributed by atoms with E-state index in [0.717, 1.165) is 6.07 Å². The van der Waals surface area contributed by atoms with Crippen LogP contribution in [-0.4, -0.2) is 24.0 Å². The SMILES string of the molecule is O=C(NN1CCOc2ccccc21)c1cnc2c(-c3cc(F)cc(F)c3F)c(F)ccc2c1. The lowest BCUT2D eigenvalue weighted by Crippen LogP contribution is -2.46. The molecule has 0 atom stereocenters. The standard InChI is InChI=1S/C24H15F4N3O2/c25-15-10-16(22(28)18(27)11-15)21-17(26)6-5-13-9-14(12-29-23(13)21)24(32)30-31-7-8-33-20-4-2-1-3-19(20)31/h1-6,9-12H,7-8H2,(H,30,32). The number of amides is 1. The van der Waals surface area contributed by atoms with Crippen LogP contribution in [0.2, 0.25) is 0 Å². The average molecular weight is 453 g/mol. The molecular weight excluding hydrogens is 438 g/mol. The van der Waals surface area contributed by atoms with Crippen LogP contribution in [0.15, 0.2) is 60.8 Å². The van der Waals surface area contributed by atoms with Gasteiger partial charge in [-0.2, -0.15) is 0 Å². The smallest absolute Gasteiger partial charge is 0.271 e. The van der Waals surface area contributed by atoms with Gasteiger partial charge in [-0.25, -0.2) is 17.6 Å². The Hall–Kier alpha value is -4.14. The Bertz CT molecular complexity index is 1410. The number of halogens is 4. The molecule has 3 aromatic carbocycles. The molecule has 2 heterocycles. The first-order valence-electron chi connectivity index (χ1n) is 9.96. The summed E-state index contributed by atoms with van der Waals surface area (Å²) in [7, 11) is 0. The number of benzene rings is 3. The molecule has 1 N–H and O–H groups in total. The van der Waals surface area contributed by atoms with E-state index in [4.69, 9.17) is 4.74 Å². The van der Waals surface area contributed by atoms with E-state index in [-0.39, 0.29) is 11.1 Å². The number of rotatable bonds is 3. The van der Waals surface area contributed by atoms with E-state index in [2.05, 4.69) is 10.4 Å². The molecule has 33 heavy (non-hydrogen) atoms. The van der Waals surface area contributed by atoms with Crippen molar-refractivity contribution in [1.82, 2.24) is 10.4 Å². The summed E-state index contributed by atoms with van der Waals surface area (Å²) >= 11 is 0. The number of ether oxygens (including phenoxy) is 1. The molecule has 0 fully saturated rings. The Kier molecular flexibility index (Phi) is 5.08. The number of nitrogens with zero attached hydrogens (tertiary/aromatic N) is 2. The minimum Gasteiger partial charge on any atom is -0.489 e. The molecule has 0 saturated carbocycles. The third-order valence-corrected chi connectivity index (χ3v) is 5.29. The fourth-order valence-corrected chi connectivity index (χ4v) is 3.77. The van der Waals surface area contributed by atoms with Gasteiger partial charge in [0.2, 0.25) is 0 Å². The summed E-state index contributed by atoms with van der Waals surface area (Å²) in [6.07, 6.45) is 1.19. The highest BCUT2D eigenvalue weighted by molar-refractivity contribution is 6.01. The molecule has 4 aromatic rings. The molecule has 0 bridgehead atoms. The third kappa shape index (κ3) is 3.71. The van der Waals surface area contributed by atoms with Crippen molar-refractivity contribution in [2.24, 2.45) is 0 Å². The zero-order chi connectivity index (χ0) is 23.1. The molecule has 0 unspecified atom stereocenters. The van der Waals surface area contributed by atoms with Crippen molar-refractivity contribution in [1.29, 1.82) is 0 Å². The molecule has 5 nitrogen and oxygen atoms in total. The molecule has 1 aromatic heterocycles. The maximum atomic E-state index is 14.6. The number of hydrogen-bond donors (Lipinski definition) is 1. The Balaban J connectivity index is 1.52. The Morgan fingerprint density at radius 1 is 1.00 bits per heavy atom. The third-order valence-electron chi connectivity index (χ3n) is 5.29. The van der Waals surface area contributed by atoms with Gasteiger partial charge >= 0.3 is 0 Å². The highest BCUT2D eigenvalue weighted by atomic mass is 19.2. The molecule has 0 radical (unpaired) electrons. The molecule has 1 aliphatic rings. The first kappa shape index (κ1) is 20.7. The van der Waals surface area contributed by atoms with Gasteiger partial charge in [0.25, 0.3) is 5.91 Å². The maximum absolute atomic E-state index is 14.6. The molecule has 1 amide bonds. The van der Waals surface area contributed by atoms with Crippen LogP contribution in [0.25, 0.3) is 22.0 Å². The maximum Gasteiger partial charge on any atom is 0.271 e. The minimum absolute atomic E-state index is 0.0350.